The zero-order valence-corrected chi connectivity index (χ0v) is 15.5. The molecule has 4 nitrogen and oxygen atoms in total. The van der Waals surface area contributed by atoms with Crippen molar-refractivity contribution in [2.75, 3.05) is 27.7 Å². The van der Waals surface area contributed by atoms with E-state index in [-0.39, 0.29) is 5.75 Å². The highest BCUT2D eigenvalue weighted by molar-refractivity contribution is 5.88. The van der Waals surface area contributed by atoms with Crippen LogP contribution in [0.15, 0.2) is 48.0 Å². The number of phenols is 1. The first kappa shape index (κ1) is 17.4. The van der Waals surface area contributed by atoms with Gasteiger partial charge < -0.3 is 19.5 Å². The molecular weight excluding hydrogens is 314 g/mol. The molecule has 0 atom stereocenters. The molecular formula is C21H25NO3. The van der Waals surface area contributed by atoms with Gasteiger partial charge in [0.15, 0.2) is 0 Å². The number of rotatable bonds is 4. The van der Waals surface area contributed by atoms with Crippen molar-refractivity contribution in [2.24, 2.45) is 0 Å². The zero-order valence-electron chi connectivity index (χ0n) is 15.5. The zero-order chi connectivity index (χ0) is 18.2. The summed E-state index contributed by atoms with van der Waals surface area (Å²) in [6.07, 6.45) is 0. The van der Waals surface area contributed by atoms with Crippen molar-refractivity contribution < 1.29 is 14.6 Å². The van der Waals surface area contributed by atoms with E-state index in [1.165, 1.54) is 5.57 Å². The number of ether oxygens (including phenoxy) is 2. The SMILES string of the molecule is COc1ccc2c(c1)C(c1cccc(O)c1)=C(CN(C)C)C(C)(C)O2. The van der Waals surface area contributed by atoms with Gasteiger partial charge in [-0.1, -0.05) is 12.1 Å². The average molecular weight is 339 g/mol. The second kappa shape index (κ2) is 6.45. The maximum absolute atomic E-state index is 10.0. The lowest BCUT2D eigenvalue weighted by Crippen LogP contribution is -2.39. The highest BCUT2D eigenvalue weighted by Gasteiger charge is 2.35. The molecule has 3 rings (SSSR count). The largest absolute Gasteiger partial charge is 0.508 e. The van der Waals surface area contributed by atoms with E-state index in [4.69, 9.17) is 9.47 Å². The van der Waals surface area contributed by atoms with E-state index in [1.807, 2.05) is 44.4 Å². The van der Waals surface area contributed by atoms with Crippen molar-refractivity contribution in [3.63, 3.8) is 0 Å². The molecule has 25 heavy (non-hydrogen) atoms. The van der Waals surface area contributed by atoms with Crippen molar-refractivity contribution in [1.82, 2.24) is 4.90 Å². The molecule has 0 aromatic heterocycles. The molecule has 0 fully saturated rings. The molecule has 2 aromatic carbocycles. The first-order valence-electron chi connectivity index (χ1n) is 8.37. The van der Waals surface area contributed by atoms with Crippen LogP contribution in [0, 0.1) is 0 Å². The summed E-state index contributed by atoms with van der Waals surface area (Å²) in [7, 11) is 5.75. The van der Waals surface area contributed by atoms with Gasteiger partial charge >= 0.3 is 0 Å². The monoisotopic (exact) mass is 339 g/mol. The number of aromatic hydroxyl groups is 1. The Hall–Kier alpha value is -2.46. The molecule has 1 N–H and O–H groups in total. The minimum atomic E-state index is -0.452. The average Bonchev–Trinajstić information content (AvgIpc) is 2.54. The Morgan fingerprint density at radius 3 is 2.52 bits per heavy atom. The number of hydrogen-bond acceptors (Lipinski definition) is 4. The van der Waals surface area contributed by atoms with Crippen molar-refractivity contribution in [2.45, 2.75) is 19.4 Å². The van der Waals surface area contributed by atoms with Crippen LogP contribution in [0.2, 0.25) is 0 Å². The molecule has 0 bridgehead atoms. The summed E-state index contributed by atoms with van der Waals surface area (Å²) in [5, 5.41) is 10.0. The van der Waals surface area contributed by atoms with Gasteiger partial charge in [0, 0.05) is 12.1 Å². The Bertz CT molecular complexity index is 822. The van der Waals surface area contributed by atoms with Gasteiger partial charge in [-0.15, -0.1) is 0 Å². The van der Waals surface area contributed by atoms with Gasteiger partial charge in [-0.25, -0.2) is 0 Å². The van der Waals surface area contributed by atoms with Crippen LogP contribution in [-0.4, -0.2) is 43.4 Å². The molecule has 4 heteroatoms. The summed E-state index contributed by atoms with van der Waals surface area (Å²) in [6, 6.07) is 13.2. The number of likely N-dealkylation sites (N-methyl/N-ethyl adjacent to an activating group) is 1. The number of hydrogen-bond donors (Lipinski definition) is 1. The van der Waals surface area contributed by atoms with E-state index in [2.05, 4.69) is 18.7 Å². The molecule has 0 radical (unpaired) electrons. The molecule has 1 heterocycles. The van der Waals surface area contributed by atoms with Crippen LogP contribution in [0.25, 0.3) is 5.57 Å². The summed E-state index contributed by atoms with van der Waals surface area (Å²) in [5.41, 5.74) is 3.77. The predicted molar refractivity (Wildman–Crippen MR) is 100 cm³/mol. The molecule has 0 amide bonds. The van der Waals surface area contributed by atoms with Crippen LogP contribution in [0.4, 0.5) is 0 Å². The molecule has 132 valence electrons. The van der Waals surface area contributed by atoms with Gasteiger partial charge in [-0.05, 0) is 75.0 Å². The Morgan fingerprint density at radius 2 is 1.88 bits per heavy atom. The van der Waals surface area contributed by atoms with Crippen LogP contribution < -0.4 is 9.47 Å². The molecule has 0 aliphatic carbocycles. The minimum Gasteiger partial charge on any atom is -0.508 e. The van der Waals surface area contributed by atoms with Crippen LogP contribution in [0.5, 0.6) is 17.2 Å². The van der Waals surface area contributed by atoms with Crippen molar-refractivity contribution in [1.29, 1.82) is 0 Å². The molecule has 1 aliphatic heterocycles. The van der Waals surface area contributed by atoms with E-state index in [9.17, 15) is 5.11 Å². The summed E-state index contributed by atoms with van der Waals surface area (Å²) in [4.78, 5) is 2.13. The van der Waals surface area contributed by atoms with Gasteiger partial charge in [-0.2, -0.15) is 0 Å². The number of nitrogens with zero attached hydrogens (tertiary/aromatic N) is 1. The van der Waals surface area contributed by atoms with Crippen molar-refractivity contribution in [3.8, 4) is 17.2 Å². The molecule has 1 aliphatic rings. The predicted octanol–water partition coefficient (Wildman–Crippen LogP) is 3.94. The number of methoxy groups -OCH3 is 1. The highest BCUT2D eigenvalue weighted by Crippen LogP contribution is 2.45. The lowest BCUT2D eigenvalue weighted by atomic mass is 9.82. The van der Waals surface area contributed by atoms with E-state index in [0.29, 0.717) is 0 Å². The van der Waals surface area contributed by atoms with Crippen molar-refractivity contribution in [3.05, 3.63) is 59.2 Å². The second-order valence-electron chi connectivity index (χ2n) is 7.12. The third kappa shape index (κ3) is 3.35. The maximum Gasteiger partial charge on any atom is 0.128 e. The highest BCUT2D eigenvalue weighted by atomic mass is 16.5. The maximum atomic E-state index is 10.0. The fourth-order valence-corrected chi connectivity index (χ4v) is 3.30. The molecule has 0 saturated heterocycles. The molecule has 0 unspecified atom stereocenters. The second-order valence-corrected chi connectivity index (χ2v) is 7.12. The van der Waals surface area contributed by atoms with Crippen LogP contribution >= 0.6 is 0 Å². The summed E-state index contributed by atoms with van der Waals surface area (Å²) in [6.45, 7) is 4.93. The lowest BCUT2D eigenvalue weighted by Gasteiger charge is -2.38. The third-order valence-corrected chi connectivity index (χ3v) is 4.46. The van der Waals surface area contributed by atoms with Gasteiger partial charge in [0.1, 0.15) is 22.8 Å². The Balaban J connectivity index is 2.32. The molecule has 0 spiro atoms. The number of phenolic OH excluding ortho intramolecular Hbond substituents is 1. The summed E-state index contributed by atoms with van der Waals surface area (Å²) < 4.78 is 11.7. The number of fused-ring (bicyclic) bond motifs is 1. The lowest BCUT2D eigenvalue weighted by molar-refractivity contribution is 0.136. The summed E-state index contributed by atoms with van der Waals surface area (Å²) in [5.74, 6) is 1.86. The van der Waals surface area contributed by atoms with E-state index >= 15 is 0 Å². The van der Waals surface area contributed by atoms with Gasteiger partial charge in [0.25, 0.3) is 0 Å². The normalized spacial score (nSPS) is 15.8. The van der Waals surface area contributed by atoms with E-state index in [1.54, 1.807) is 19.2 Å². The number of benzene rings is 2. The Labute approximate surface area is 149 Å². The Morgan fingerprint density at radius 1 is 1.12 bits per heavy atom. The fraction of sp³-hybridized carbons (Fsp3) is 0.333. The van der Waals surface area contributed by atoms with Crippen LogP contribution in [0.1, 0.15) is 25.0 Å². The van der Waals surface area contributed by atoms with E-state index < -0.39 is 5.60 Å². The van der Waals surface area contributed by atoms with Gasteiger partial charge in [0.05, 0.1) is 7.11 Å². The molecule has 2 aromatic rings. The quantitative estimate of drug-likeness (QED) is 0.916. The minimum absolute atomic E-state index is 0.253. The Kier molecular flexibility index (Phi) is 4.48. The van der Waals surface area contributed by atoms with Crippen molar-refractivity contribution >= 4 is 5.57 Å². The first-order chi connectivity index (χ1) is 11.8. The first-order valence-corrected chi connectivity index (χ1v) is 8.37. The standard InChI is InChI=1S/C21H25NO3/c1-21(2)18(13-22(3)4)20(14-7-6-8-15(23)11-14)17-12-16(24-5)9-10-19(17)25-21/h6-12,23H,13H2,1-5H3. The van der Waals surface area contributed by atoms with Crippen LogP contribution in [-0.2, 0) is 0 Å². The van der Waals surface area contributed by atoms with Gasteiger partial charge in [0.2, 0.25) is 0 Å². The fourth-order valence-electron chi connectivity index (χ4n) is 3.30. The molecule has 0 saturated carbocycles. The third-order valence-electron chi connectivity index (χ3n) is 4.46. The van der Waals surface area contributed by atoms with Gasteiger partial charge in [-0.3, -0.25) is 0 Å². The van der Waals surface area contributed by atoms with Crippen LogP contribution in [0.3, 0.4) is 0 Å². The topological polar surface area (TPSA) is 41.9 Å². The smallest absolute Gasteiger partial charge is 0.128 e. The summed E-state index contributed by atoms with van der Waals surface area (Å²) >= 11 is 0. The van der Waals surface area contributed by atoms with E-state index in [0.717, 1.165) is 34.7 Å².